The van der Waals surface area contributed by atoms with Crippen molar-refractivity contribution in [3.05, 3.63) is 28.2 Å². The lowest BCUT2D eigenvalue weighted by Crippen LogP contribution is -2.29. The minimum absolute atomic E-state index is 0.0427. The monoisotopic (exact) mass is 333 g/mol. The van der Waals surface area contributed by atoms with Gasteiger partial charge in [-0.05, 0) is 52.9 Å². The van der Waals surface area contributed by atoms with Crippen LogP contribution in [0, 0.1) is 12.8 Å². The van der Waals surface area contributed by atoms with Gasteiger partial charge in [0.05, 0.1) is 4.90 Å². The van der Waals surface area contributed by atoms with E-state index in [4.69, 9.17) is 5.11 Å². The smallest absolute Gasteiger partial charge is 0.244 e. The summed E-state index contributed by atoms with van der Waals surface area (Å²) in [6.45, 7) is 2.79. The summed E-state index contributed by atoms with van der Waals surface area (Å²) in [6, 6.07) is 5.29. The zero-order chi connectivity index (χ0) is 13.3. The highest BCUT2D eigenvalue weighted by Gasteiger charge is 2.33. The summed E-state index contributed by atoms with van der Waals surface area (Å²) in [5, 5.41) is 9.09. The summed E-state index contributed by atoms with van der Waals surface area (Å²) in [5.74, 6) is 0.0587. The first-order valence-corrected chi connectivity index (χ1v) is 8.05. The summed E-state index contributed by atoms with van der Waals surface area (Å²) in [5.41, 5.74) is 0.912. The van der Waals surface area contributed by atoms with Crippen molar-refractivity contribution in [3.63, 3.8) is 0 Å². The molecular weight excluding hydrogens is 318 g/mol. The van der Waals surface area contributed by atoms with Crippen LogP contribution in [0.3, 0.4) is 0 Å². The average molecular weight is 334 g/mol. The first-order chi connectivity index (χ1) is 8.45. The second-order valence-corrected chi connectivity index (χ2v) is 7.39. The third-order valence-electron chi connectivity index (χ3n) is 3.21. The quantitative estimate of drug-likeness (QED) is 0.916. The molecule has 1 aromatic rings. The van der Waals surface area contributed by atoms with Gasteiger partial charge in [-0.2, -0.15) is 4.31 Å². The minimum Gasteiger partial charge on any atom is -0.396 e. The van der Waals surface area contributed by atoms with E-state index in [1.165, 1.54) is 4.31 Å². The predicted octanol–water partition coefficient (Wildman–Crippen LogP) is 1.76. The van der Waals surface area contributed by atoms with E-state index >= 15 is 0 Å². The number of halogens is 1. The molecule has 18 heavy (non-hydrogen) atoms. The van der Waals surface area contributed by atoms with E-state index in [9.17, 15) is 8.42 Å². The zero-order valence-electron chi connectivity index (χ0n) is 10.1. The van der Waals surface area contributed by atoms with Crippen molar-refractivity contribution in [2.75, 3.05) is 19.7 Å². The fraction of sp³-hybridized carbons (Fsp3) is 0.500. The second kappa shape index (κ2) is 5.28. The third-order valence-corrected chi connectivity index (χ3v) is 6.07. The number of aliphatic hydroxyl groups excluding tert-OH is 1. The molecule has 0 aromatic heterocycles. The molecule has 6 heteroatoms. The second-order valence-electron chi connectivity index (χ2n) is 4.63. The number of sulfonamides is 1. The summed E-state index contributed by atoms with van der Waals surface area (Å²) < 4.78 is 27.0. The summed E-state index contributed by atoms with van der Waals surface area (Å²) in [6.07, 6.45) is 0.721. The predicted molar refractivity (Wildman–Crippen MR) is 72.8 cm³/mol. The van der Waals surface area contributed by atoms with Crippen LogP contribution in [0.1, 0.15) is 12.0 Å². The Kier molecular flexibility index (Phi) is 4.11. The number of hydrogen-bond acceptors (Lipinski definition) is 3. The van der Waals surface area contributed by atoms with E-state index in [0.29, 0.717) is 22.5 Å². The van der Waals surface area contributed by atoms with Crippen LogP contribution in [0.25, 0.3) is 0 Å². The van der Waals surface area contributed by atoms with Crippen LogP contribution in [-0.4, -0.2) is 37.5 Å². The molecule has 0 radical (unpaired) electrons. The summed E-state index contributed by atoms with van der Waals surface area (Å²) in [4.78, 5) is 0.307. The van der Waals surface area contributed by atoms with Crippen LogP contribution in [0.4, 0.5) is 0 Å². The van der Waals surface area contributed by atoms with E-state index in [-0.39, 0.29) is 12.5 Å². The van der Waals surface area contributed by atoms with Gasteiger partial charge in [-0.3, -0.25) is 0 Å². The third kappa shape index (κ3) is 2.61. The maximum absolute atomic E-state index is 12.5. The van der Waals surface area contributed by atoms with Gasteiger partial charge < -0.3 is 5.11 Å². The largest absolute Gasteiger partial charge is 0.396 e. The van der Waals surface area contributed by atoms with Crippen molar-refractivity contribution in [3.8, 4) is 0 Å². The van der Waals surface area contributed by atoms with E-state index in [0.717, 1.165) is 12.0 Å². The molecule has 0 unspecified atom stereocenters. The lowest BCUT2D eigenvalue weighted by molar-refractivity contribution is 0.233. The highest BCUT2D eigenvalue weighted by Crippen LogP contribution is 2.29. The molecule has 1 aromatic carbocycles. The van der Waals surface area contributed by atoms with Crippen molar-refractivity contribution in [1.82, 2.24) is 4.31 Å². The number of nitrogens with zero attached hydrogens (tertiary/aromatic N) is 1. The van der Waals surface area contributed by atoms with Crippen molar-refractivity contribution in [2.24, 2.45) is 5.92 Å². The molecule has 0 amide bonds. The van der Waals surface area contributed by atoms with Gasteiger partial charge in [-0.25, -0.2) is 8.42 Å². The number of rotatable bonds is 3. The van der Waals surface area contributed by atoms with Gasteiger partial charge in [0.1, 0.15) is 0 Å². The number of aryl methyl sites for hydroxylation is 1. The van der Waals surface area contributed by atoms with Gasteiger partial charge in [0.2, 0.25) is 10.0 Å². The van der Waals surface area contributed by atoms with Gasteiger partial charge in [0.25, 0.3) is 0 Å². The maximum atomic E-state index is 12.5. The summed E-state index contributed by atoms with van der Waals surface area (Å²) >= 11 is 3.29. The Labute approximate surface area is 116 Å². The van der Waals surface area contributed by atoms with Crippen LogP contribution >= 0.6 is 15.9 Å². The zero-order valence-corrected chi connectivity index (χ0v) is 12.5. The molecule has 1 saturated heterocycles. The Morgan fingerprint density at radius 2 is 2.22 bits per heavy atom. The Morgan fingerprint density at radius 1 is 1.50 bits per heavy atom. The van der Waals surface area contributed by atoms with Crippen LogP contribution in [-0.2, 0) is 10.0 Å². The molecule has 1 heterocycles. The first-order valence-electron chi connectivity index (χ1n) is 5.82. The minimum atomic E-state index is -3.46. The lowest BCUT2D eigenvalue weighted by atomic mass is 10.1. The molecular formula is C12H16BrNO3S. The summed E-state index contributed by atoms with van der Waals surface area (Å²) in [7, 11) is -3.46. The number of benzene rings is 1. The molecule has 0 spiro atoms. The lowest BCUT2D eigenvalue weighted by Gasteiger charge is -2.17. The van der Waals surface area contributed by atoms with Gasteiger partial charge in [-0.15, -0.1) is 0 Å². The SMILES string of the molecule is Cc1ccc(Br)c(S(=O)(=O)N2CC[C@H](CO)C2)c1. The fourth-order valence-electron chi connectivity index (χ4n) is 2.11. The number of aliphatic hydroxyl groups is 1. The molecule has 2 rings (SSSR count). The number of hydrogen-bond donors (Lipinski definition) is 1. The van der Waals surface area contributed by atoms with Crippen molar-refractivity contribution >= 4 is 26.0 Å². The van der Waals surface area contributed by atoms with Crippen LogP contribution < -0.4 is 0 Å². The van der Waals surface area contributed by atoms with Crippen LogP contribution in [0.2, 0.25) is 0 Å². The van der Waals surface area contributed by atoms with E-state index < -0.39 is 10.0 Å². The van der Waals surface area contributed by atoms with E-state index in [1.807, 2.05) is 13.0 Å². The molecule has 4 nitrogen and oxygen atoms in total. The van der Waals surface area contributed by atoms with Gasteiger partial charge >= 0.3 is 0 Å². The highest BCUT2D eigenvalue weighted by atomic mass is 79.9. The molecule has 1 N–H and O–H groups in total. The molecule has 1 fully saturated rings. The molecule has 0 saturated carbocycles. The van der Waals surface area contributed by atoms with Crippen molar-refractivity contribution in [2.45, 2.75) is 18.2 Å². The molecule has 0 aliphatic carbocycles. The Morgan fingerprint density at radius 3 is 2.83 bits per heavy atom. The van der Waals surface area contributed by atoms with Crippen LogP contribution in [0.5, 0.6) is 0 Å². The Hall–Kier alpha value is -0.430. The van der Waals surface area contributed by atoms with Crippen molar-refractivity contribution < 1.29 is 13.5 Å². The molecule has 100 valence electrons. The van der Waals surface area contributed by atoms with Crippen molar-refractivity contribution in [1.29, 1.82) is 0 Å². The molecule has 1 atom stereocenters. The first kappa shape index (κ1) is 14.0. The normalized spacial score (nSPS) is 21.4. The Bertz CT molecular complexity index is 544. The molecule has 0 bridgehead atoms. The standard InChI is InChI=1S/C12H16BrNO3S/c1-9-2-3-11(13)12(6-9)18(16,17)14-5-4-10(7-14)8-15/h2-3,6,10,15H,4-5,7-8H2,1H3/t10-/m0/s1. The van der Waals surface area contributed by atoms with Gasteiger partial charge in [-0.1, -0.05) is 6.07 Å². The average Bonchev–Trinajstić information content (AvgIpc) is 2.81. The van der Waals surface area contributed by atoms with Crippen LogP contribution in [0.15, 0.2) is 27.6 Å². The van der Waals surface area contributed by atoms with E-state index in [2.05, 4.69) is 15.9 Å². The molecule has 1 aliphatic heterocycles. The van der Waals surface area contributed by atoms with E-state index in [1.54, 1.807) is 12.1 Å². The fourth-order valence-corrected chi connectivity index (χ4v) is 4.65. The topological polar surface area (TPSA) is 57.6 Å². The van der Waals surface area contributed by atoms with Gasteiger partial charge in [0, 0.05) is 24.2 Å². The Balaban J connectivity index is 2.34. The maximum Gasteiger partial charge on any atom is 0.244 e. The highest BCUT2D eigenvalue weighted by molar-refractivity contribution is 9.10. The van der Waals surface area contributed by atoms with Gasteiger partial charge in [0.15, 0.2) is 0 Å². The molecule has 1 aliphatic rings.